The summed E-state index contributed by atoms with van der Waals surface area (Å²) < 4.78 is 5.13. The van der Waals surface area contributed by atoms with Gasteiger partial charge in [0.1, 0.15) is 18.3 Å². The molecular weight excluding hydrogens is 362 g/mol. The third-order valence-corrected chi connectivity index (χ3v) is 4.80. The first-order valence-corrected chi connectivity index (χ1v) is 9.50. The van der Waals surface area contributed by atoms with Gasteiger partial charge in [-0.25, -0.2) is 0 Å². The van der Waals surface area contributed by atoms with Crippen molar-refractivity contribution in [2.45, 2.75) is 11.8 Å². The maximum absolute atomic E-state index is 12.5. The first-order valence-electron chi connectivity index (χ1n) is 8.35. The molecule has 2 aromatic carbocycles. The molecular formula is C20H21N3O3S. The van der Waals surface area contributed by atoms with Crippen LogP contribution in [0.2, 0.25) is 0 Å². The van der Waals surface area contributed by atoms with E-state index < -0.39 is 6.04 Å². The Hall–Kier alpha value is -2.98. The number of methoxy groups -OCH3 is 1. The van der Waals surface area contributed by atoms with Crippen LogP contribution >= 0.6 is 11.8 Å². The molecule has 6 nitrogen and oxygen atoms in total. The van der Waals surface area contributed by atoms with Gasteiger partial charge < -0.3 is 15.4 Å². The Kier molecular flexibility index (Phi) is 8.20. The van der Waals surface area contributed by atoms with Crippen LogP contribution in [0, 0.1) is 11.3 Å². The zero-order valence-electron chi connectivity index (χ0n) is 15.0. The van der Waals surface area contributed by atoms with Crippen LogP contribution < -0.4 is 15.4 Å². The standard InChI is InChI=1S/C20H21N3O3S/c1-26-17-9-5-8-16(12-17)19(24)23-18(20(25)22-11-10-21)14-27-13-15-6-3-2-4-7-15/h2-9,12,18H,11,13-14H2,1H3,(H,22,25)(H,23,24). The van der Waals surface area contributed by atoms with E-state index in [1.165, 1.54) is 18.9 Å². The number of carbonyl (C=O) groups is 2. The molecule has 140 valence electrons. The lowest BCUT2D eigenvalue weighted by Crippen LogP contribution is -2.48. The molecule has 0 aliphatic rings. The molecule has 0 radical (unpaired) electrons. The van der Waals surface area contributed by atoms with E-state index in [4.69, 9.17) is 10.00 Å². The van der Waals surface area contributed by atoms with E-state index in [1.54, 1.807) is 24.3 Å². The first-order chi connectivity index (χ1) is 13.1. The molecule has 0 aliphatic heterocycles. The summed E-state index contributed by atoms with van der Waals surface area (Å²) in [6, 6.07) is 17.7. The molecule has 2 N–H and O–H groups in total. The highest BCUT2D eigenvalue weighted by molar-refractivity contribution is 7.98. The molecule has 0 spiro atoms. The molecule has 2 rings (SSSR count). The van der Waals surface area contributed by atoms with Gasteiger partial charge in [-0.15, -0.1) is 0 Å². The number of nitrogens with zero attached hydrogens (tertiary/aromatic N) is 1. The summed E-state index contributed by atoms with van der Waals surface area (Å²) >= 11 is 1.54. The van der Waals surface area contributed by atoms with E-state index in [0.717, 1.165) is 11.3 Å². The second kappa shape index (κ2) is 10.9. The third-order valence-electron chi connectivity index (χ3n) is 3.69. The van der Waals surface area contributed by atoms with E-state index in [0.29, 0.717) is 17.1 Å². The predicted molar refractivity (Wildman–Crippen MR) is 105 cm³/mol. The number of nitrogens with one attached hydrogen (secondary N) is 2. The second-order valence-electron chi connectivity index (χ2n) is 5.63. The summed E-state index contributed by atoms with van der Waals surface area (Å²) in [6.45, 7) is -0.103. The lowest BCUT2D eigenvalue weighted by Gasteiger charge is -2.18. The summed E-state index contributed by atoms with van der Waals surface area (Å²) in [5.74, 6) is 0.922. The van der Waals surface area contributed by atoms with Gasteiger partial charge in [0.25, 0.3) is 5.91 Å². The number of ether oxygens (including phenoxy) is 1. The Morgan fingerprint density at radius 3 is 2.67 bits per heavy atom. The maximum atomic E-state index is 12.5. The summed E-state index contributed by atoms with van der Waals surface area (Å²) in [6.07, 6.45) is 0. The van der Waals surface area contributed by atoms with Gasteiger partial charge in [-0.1, -0.05) is 36.4 Å². The minimum Gasteiger partial charge on any atom is -0.497 e. The van der Waals surface area contributed by atoms with E-state index >= 15 is 0 Å². The molecule has 0 aromatic heterocycles. The zero-order chi connectivity index (χ0) is 19.5. The van der Waals surface area contributed by atoms with E-state index in [9.17, 15) is 9.59 Å². The number of hydrogen-bond donors (Lipinski definition) is 2. The third kappa shape index (κ3) is 6.68. The largest absolute Gasteiger partial charge is 0.497 e. The second-order valence-corrected chi connectivity index (χ2v) is 6.66. The highest BCUT2D eigenvalue weighted by Crippen LogP contribution is 2.15. The summed E-state index contributed by atoms with van der Waals surface area (Å²) in [4.78, 5) is 24.8. The molecule has 2 aromatic rings. The Balaban J connectivity index is 2.01. The summed E-state index contributed by atoms with van der Waals surface area (Å²) in [5, 5.41) is 13.9. The minimum absolute atomic E-state index is 0.103. The Morgan fingerprint density at radius 2 is 1.96 bits per heavy atom. The Morgan fingerprint density at radius 1 is 1.19 bits per heavy atom. The Bertz CT molecular complexity index is 806. The van der Waals surface area contributed by atoms with Gasteiger partial charge in [-0.3, -0.25) is 9.59 Å². The SMILES string of the molecule is COc1cccc(C(=O)NC(CSCc2ccccc2)C(=O)NCC#N)c1. The highest BCUT2D eigenvalue weighted by Gasteiger charge is 2.21. The highest BCUT2D eigenvalue weighted by atomic mass is 32.2. The average Bonchev–Trinajstić information content (AvgIpc) is 2.72. The lowest BCUT2D eigenvalue weighted by atomic mass is 10.2. The van der Waals surface area contributed by atoms with Crippen LogP contribution in [0.15, 0.2) is 54.6 Å². The number of thioether (sulfide) groups is 1. The molecule has 7 heteroatoms. The molecule has 1 unspecified atom stereocenters. The van der Waals surface area contributed by atoms with Gasteiger partial charge in [-0.2, -0.15) is 17.0 Å². The van der Waals surface area contributed by atoms with Crippen molar-refractivity contribution in [1.29, 1.82) is 5.26 Å². The number of hydrogen-bond acceptors (Lipinski definition) is 5. The number of amides is 2. The van der Waals surface area contributed by atoms with Gasteiger partial charge in [-0.05, 0) is 23.8 Å². The topological polar surface area (TPSA) is 91.2 Å². The maximum Gasteiger partial charge on any atom is 0.252 e. The van der Waals surface area contributed by atoms with Crippen molar-refractivity contribution in [3.8, 4) is 11.8 Å². The van der Waals surface area contributed by atoms with Crippen LogP contribution in [0.5, 0.6) is 5.75 Å². The van der Waals surface area contributed by atoms with Crippen molar-refractivity contribution in [3.05, 3.63) is 65.7 Å². The first kappa shape index (κ1) is 20.3. The van der Waals surface area contributed by atoms with Crippen molar-refractivity contribution in [1.82, 2.24) is 10.6 Å². The quantitative estimate of drug-likeness (QED) is 0.649. The van der Waals surface area contributed by atoms with E-state index in [2.05, 4.69) is 10.6 Å². The summed E-state index contributed by atoms with van der Waals surface area (Å²) in [7, 11) is 1.52. The van der Waals surface area contributed by atoms with Crippen LogP contribution in [-0.4, -0.2) is 37.3 Å². The average molecular weight is 383 g/mol. The zero-order valence-corrected chi connectivity index (χ0v) is 15.8. The molecule has 0 fully saturated rings. The minimum atomic E-state index is -0.745. The van der Waals surface area contributed by atoms with Crippen LogP contribution in [0.4, 0.5) is 0 Å². The monoisotopic (exact) mass is 383 g/mol. The Labute approximate surface area is 162 Å². The summed E-state index contributed by atoms with van der Waals surface area (Å²) in [5.41, 5.74) is 1.54. The predicted octanol–water partition coefficient (Wildman–Crippen LogP) is 2.37. The van der Waals surface area contributed by atoms with Gasteiger partial charge in [0, 0.05) is 17.1 Å². The molecule has 0 heterocycles. The normalized spacial score (nSPS) is 11.1. The van der Waals surface area contributed by atoms with Crippen molar-refractivity contribution >= 4 is 23.6 Å². The molecule has 2 amide bonds. The fourth-order valence-electron chi connectivity index (χ4n) is 2.31. The van der Waals surface area contributed by atoms with Gasteiger partial charge in [0.15, 0.2) is 0 Å². The van der Waals surface area contributed by atoms with E-state index in [-0.39, 0.29) is 18.4 Å². The molecule has 0 saturated heterocycles. The van der Waals surface area contributed by atoms with Gasteiger partial charge >= 0.3 is 0 Å². The van der Waals surface area contributed by atoms with Crippen molar-refractivity contribution in [2.75, 3.05) is 19.4 Å². The van der Waals surface area contributed by atoms with Gasteiger partial charge in [0.05, 0.1) is 13.2 Å². The molecule has 0 bridgehead atoms. The van der Waals surface area contributed by atoms with Crippen LogP contribution in [0.25, 0.3) is 0 Å². The van der Waals surface area contributed by atoms with Gasteiger partial charge in [0.2, 0.25) is 5.91 Å². The number of carbonyl (C=O) groups excluding carboxylic acids is 2. The van der Waals surface area contributed by atoms with Crippen molar-refractivity contribution in [2.24, 2.45) is 0 Å². The smallest absolute Gasteiger partial charge is 0.252 e. The fraction of sp³-hybridized carbons (Fsp3) is 0.250. The molecule has 0 saturated carbocycles. The molecule has 27 heavy (non-hydrogen) atoms. The molecule has 0 aliphatic carbocycles. The number of benzene rings is 2. The number of rotatable bonds is 9. The molecule has 1 atom stereocenters. The fourth-order valence-corrected chi connectivity index (χ4v) is 3.32. The number of nitriles is 1. The van der Waals surface area contributed by atoms with E-state index in [1.807, 2.05) is 36.4 Å². The lowest BCUT2D eigenvalue weighted by molar-refractivity contribution is -0.122. The van der Waals surface area contributed by atoms with Crippen molar-refractivity contribution < 1.29 is 14.3 Å². The van der Waals surface area contributed by atoms with Crippen LogP contribution in [0.1, 0.15) is 15.9 Å². The van der Waals surface area contributed by atoms with Crippen molar-refractivity contribution in [3.63, 3.8) is 0 Å². The van der Waals surface area contributed by atoms with Crippen LogP contribution in [-0.2, 0) is 10.5 Å². The van der Waals surface area contributed by atoms with Crippen LogP contribution in [0.3, 0.4) is 0 Å².